The van der Waals surface area contributed by atoms with Crippen molar-refractivity contribution >= 4 is 46.6 Å². The Balaban J connectivity index is 0.00000243. The van der Waals surface area contributed by atoms with Gasteiger partial charge in [-0.05, 0) is 32.9 Å². The van der Waals surface area contributed by atoms with E-state index in [4.69, 9.17) is 4.99 Å². The molecule has 7 nitrogen and oxygen atoms in total. The lowest BCUT2D eigenvalue weighted by Gasteiger charge is -2.36. The number of nitrogens with one attached hydrogen (secondary N) is 1. The van der Waals surface area contributed by atoms with E-state index in [1.807, 2.05) is 0 Å². The van der Waals surface area contributed by atoms with Crippen molar-refractivity contribution < 1.29 is 0 Å². The third kappa shape index (κ3) is 5.66. The van der Waals surface area contributed by atoms with Crippen LogP contribution in [0.2, 0.25) is 0 Å². The zero-order valence-electron chi connectivity index (χ0n) is 16.1. The van der Waals surface area contributed by atoms with Gasteiger partial charge in [0.1, 0.15) is 5.82 Å². The summed E-state index contributed by atoms with van der Waals surface area (Å²) >= 11 is 1.52. The first-order valence-electron chi connectivity index (χ1n) is 9.49. The fourth-order valence-corrected chi connectivity index (χ4v) is 4.24. The molecule has 3 rings (SSSR count). The summed E-state index contributed by atoms with van der Waals surface area (Å²) in [7, 11) is 2.20. The number of aliphatic imine (C=N–C) groups is 1. The van der Waals surface area contributed by atoms with Gasteiger partial charge in [0.05, 0.1) is 0 Å². The molecule has 1 atom stereocenters. The molecule has 9 heteroatoms. The fraction of sp³-hybridized carbons (Fsp3) is 0.824. The van der Waals surface area contributed by atoms with Crippen molar-refractivity contribution in [2.45, 2.75) is 26.7 Å². The number of likely N-dealkylation sites (tertiary alicyclic amines) is 1. The molecule has 2 aliphatic rings. The number of aromatic nitrogens is 2. The zero-order chi connectivity index (χ0) is 17.6. The van der Waals surface area contributed by atoms with Crippen LogP contribution >= 0.6 is 35.5 Å². The van der Waals surface area contributed by atoms with Crippen LogP contribution in [0.5, 0.6) is 0 Å². The summed E-state index contributed by atoms with van der Waals surface area (Å²) < 4.78 is 4.41. The van der Waals surface area contributed by atoms with E-state index in [-0.39, 0.29) is 24.0 Å². The van der Waals surface area contributed by atoms with Crippen LogP contribution < -0.4 is 10.2 Å². The van der Waals surface area contributed by atoms with Crippen molar-refractivity contribution in [1.82, 2.24) is 24.5 Å². The van der Waals surface area contributed by atoms with Gasteiger partial charge in [0.2, 0.25) is 5.13 Å². The molecule has 148 valence electrons. The topological polar surface area (TPSA) is 59.9 Å². The lowest BCUT2D eigenvalue weighted by Crippen LogP contribution is -2.52. The van der Waals surface area contributed by atoms with E-state index < -0.39 is 0 Å². The average molecular weight is 493 g/mol. The van der Waals surface area contributed by atoms with Gasteiger partial charge in [-0.15, -0.1) is 24.0 Å². The van der Waals surface area contributed by atoms with Crippen molar-refractivity contribution in [3.63, 3.8) is 0 Å². The number of hydrogen-bond acceptors (Lipinski definition) is 6. The first kappa shape index (κ1) is 21.6. The summed E-state index contributed by atoms with van der Waals surface area (Å²) in [6.07, 6.45) is 2.17. The molecule has 0 spiro atoms. The number of aryl methyl sites for hydroxylation is 1. The standard InChI is InChI=1S/C17H31N7S.HI/c1-4-15-20-17(25-21-15)24-10-8-23(9-11-24)16(18-5-2)19-12-14-6-7-22(3)13-14;/h14H,4-13H2,1-3H3,(H,18,19);1H. The number of rotatable bonds is 5. The van der Waals surface area contributed by atoms with Crippen LogP contribution in [-0.2, 0) is 6.42 Å². The molecule has 0 aromatic carbocycles. The molecule has 3 heterocycles. The summed E-state index contributed by atoms with van der Waals surface area (Å²) in [5.41, 5.74) is 0. The Morgan fingerprint density at radius 3 is 2.58 bits per heavy atom. The molecule has 26 heavy (non-hydrogen) atoms. The number of guanidine groups is 1. The molecular formula is C17H32IN7S. The van der Waals surface area contributed by atoms with Gasteiger partial charge in [-0.1, -0.05) is 6.92 Å². The van der Waals surface area contributed by atoms with Crippen molar-refractivity contribution in [3.05, 3.63) is 5.82 Å². The first-order valence-corrected chi connectivity index (χ1v) is 10.3. The minimum Gasteiger partial charge on any atom is -0.357 e. The van der Waals surface area contributed by atoms with E-state index in [1.54, 1.807) is 0 Å². The van der Waals surface area contributed by atoms with Gasteiger partial charge >= 0.3 is 0 Å². The number of halogens is 1. The number of anilines is 1. The van der Waals surface area contributed by atoms with Crippen LogP contribution in [-0.4, -0.2) is 84.5 Å². The van der Waals surface area contributed by atoms with E-state index in [0.29, 0.717) is 5.92 Å². The molecule has 0 amide bonds. The maximum atomic E-state index is 4.93. The molecular weight excluding hydrogens is 461 g/mol. The molecule has 0 aliphatic carbocycles. The third-order valence-electron chi connectivity index (χ3n) is 4.95. The second kappa shape index (κ2) is 10.6. The Bertz CT molecular complexity index is 571. The quantitative estimate of drug-likeness (QED) is 0.383. The molecule has 1 aromatic rings. The summed E-state index contributed by atoms with van der Waals surface area (Å²) in [5, 5.41) is 4.54. The van der Waals surface area contributed by atoms with Gasteiger partial charge in [-0.25, -0.2) is 4.98 Å². The van der Waals surface area contributed by atoms with Crippen molar-refractivity contribution in [2.24, 2.45) is 10.9 Å². The highest BCUT2D eigenvalue weighted by Crippen LogP contribution is 2.19. The molecule has 0 saturated carbocycles. The molecule has 0 bridgehead atoms. The van der Waals surface area contributed by atoms with E-state index in [1.165, 1.54) is 31.0 Å². The summed E-state index contributed by atoms with van der Waals surface area (Å²) in [5.74, 6) is 2.73. The van der Waals surface area contributed by atoms with Crippen molar-refractivity contribution in [3.8, 4) is 0 Å². The highest BCUT2D eigenvalue weighted by Gasteiger charge is 2.23. The smallest absolute Gasteiger partial charge is 0.205 e. The minimum absolute atomic E-state index is 0. The van der Waals surface area contributed by atoms with Crippen molar-refractivity contribution in [1.29, 1.82) is 0 Å². The van der Waals surface area contributed by atoms with Gasteiger partial charge in [0.15, 0.2) is 5.96 Å². The monoisotopic (exact) mass is 493 g/mol. The van der Waals surface area contributed by atoms with Gasteiger partial charge in [-0.3, -0.25) is 4.99 Å². The second-order valence-electron chi connectivity index (χ2n) is 6.93. The molecule has 2 saturated heterocycles. The molecule has 2 fully saturated rings. The maximum Gasteiger partial charge on any atom is 0.205 e. The van der Waals surface area contributed by atoms with Crippen LogP contribution in [0.3, 0.4) is 0 Å². The predicted molar refractivity (Wildman–Crippen MR) is 120 cm³/mol. The molecule has 1 N–H and O–H groups in total. The minimum atomic E-state index is 0. The predicted octanol–water partition coefficient (Wildman–Crippen LogP) is 1.76. The Hall–Kier alpha value is -0.680. The SMILES string of the molecule is CCNC(=NCC1CCN(C)C1)N1CCN(c2nc(CC)ns2)CC1.I. The van der Waals surface area contributed by atoms with Crippen molar-refractivity contribution in [2.75, 3.05) is 64.3 Å². The lowest BCUT2D eigenvalue weighted by molar-refractivity contribution is 0.369. The van der Waals surface area contributed by atoms with Gasteiger partial charge in [-0.2, -0.15) is 4.37 Å². The van der Waals surface area contributed by atoms with Gasteiger partial charge in [0.25, 0.3) is 0 Å². The largest absolute Gasteiger partial charge is 0.357 e. The van der Waals surface area contributed by atoms with Crippen LogP contribution in [0.15, 0.2) is 4.99 Å². The highest BCUT2D eigenvalue weighted by molar-refractivity contribution is 14.0. The summed E-state index contributed by atoms with van der Waals surface area (Å²) in [6, 6.07) is 0. The van der Waals surface area contributed by atoms with Gasteiger partial charge < -0.3 is 20.0 Å². The Kier molecular flexibility index (Phi) is 8.82. The van der Waals surface area contributed by atoms with E-state index >= 15 is 0 Å². The van der Waals surface area contributed by atoms with E-state index in [0.717, 1.165) is 62.6 Å². The fourth-order valence-electron chi connectivity index (χ4n) is 3.44. The normalized spacial score (nSPS) is 21.8. The molecule has 1 unspecified atom stereocenters. The molecule has 2 aliphatic heterocycles. The van der Waals surface area contributed by atoms with Crippen LogP contribution in [0.25, 0.3) is 0 Å². The van der Waals surface area contributed by atoms with Gasteiger partial charge in [0, 0.05) is 63.8 Å². The highest BCUT2D eigenvalue weighted by atomic mass is 127. The van der Waals surface area contributed by atoms with E-state index in [2.05, 4.69) is 50.3 Å². The molecule has 0 radical (unpaired) electrons. The van der Waals surface area contributed by atoms with Crippen LogP contribution in [0.1, 0.15) is 26.1 Å². The lowest BCUT2D eigenvalue weighted by atomic mass is 10.1. The number of nitrogens with zero attached hydrogens (tertiary/aromatic N) is 6. The van der Waals surface area contributed by atoms with Crippen LogP contribution in [0, 0.1) is 5.92 Å². The third-order valence-corrected chi connectivity index (χ3v) is 5.76. The van der Waals surface area contributed by atoms with Crippen LogP contribution in [0.4, 0.5) is 5.13 Å². The number of piperazine rings is 1. The summed E-state index contributed by atoms with van der Waals surface area (Å²) in [6.45, 7) is 12.4. The number of hydrogen-bond donors (Lipinski definition) is 1. The Morgan fingerprint density at radius 1 is 1.23 bits per heavy atom. The van der Waals surface area contributed by atoms with E-state index in [9.17, 15) is 0 Å². The summed E-state index contributed by atoms with van der Waals surface area (Å²) in [4.78, 5) is 16.7. The Labute approximate surface area is 178 Å². The average Bonchev–Trinajstić information content (AvgIpc) is 3.27. The second-order valence-corrected chi connectivity index (χ2v) is 7.66. The Morgan fingerprint density at radius 2 is 2.00 bits per heavy atom. The molecule has 1 aromatic heterocycles. The maximum absolute atomic E-state index is 4.93. The zero-order valence-corrected chi connectivity index (χ0v) is 19.3. The first-order chi connectivity index (χ1) is 12.2.